The molecule has 1 aliphatic carbocycles. The number of aryl methyl sites for hydroxylation is 2. The fraction of sp³-hybridized carbons (Fsp3) is 0.357. The fourth-order valence-corrected chi connectivity index (χ4v) is 8.11. The van der Waals surface area contributed by atoms with Crippen molar-refractivity contribution in [3.8, 4) is 22.5 Å². The summed E-state index contributed by atoms with van der Waals surface area (Å²) in [6.07, 6.45) is 3.07. The van der Waals surface area contributed by atoms with E-state index in [4.69, 9.17) is 18.1 Å². The molecule has 1 aliphatic rings. The van der Waals surface area contributed by atoms with Gasteiger partial charge in [-0.15, -0.1) is 53.6 Å². The zero-order valence-electron chi connectivity index (χ0n) is 46.8. The van der Waals surface area contributed by atoms with Gasteiger partial charge in [0.15, 0.2) is 0 Å². The van der Waals surface area contributed by atoms with Crippen LogP contribution in [0, 0.1) is 42.1 Å². The average Bonchev–Trinajstić information content (AvgIpc) is 3.68. The van der Waals surface area contributed by atoms with Crippen LogP contribution in [0.25, 0.3) is 66.0 Å². The van der Waals surface area contributed by atoms with Crippen molar-refractivity contribution < 1.29 is 39.6 Å². The number of hydrogen-bond donors (Lipinski definition) is 0. The molecule has 3 aromatic heterocycles. The van der Waals surface area contributed by atoms with Gasteiger partial charge in [-0.25, -0.2) is 0 Å². The minimum Gasteiger partial charge on any atom is -0.500 e. The number of hydrogen-bond acceptors (Lipinski definition) is 3. The molecule has 8 aromatic rings. The Bertz CT molecular complexity index is 3240. The molecule has 0 unspecified atom stereocenters. The molecule has 4 heteroatoms. The Hall–Kier alpha value is -4.63. The Morgan fingerprint density at radius 1 is 0.767 bits per heavy atom. The zero-order chi connectivity index (χ0) is 51.2. The molecular weight excluding hydrogens is 909 g/mol. The summed E-state index contributed by atoms with van der Waals surface area (Å²) in [6, 6.07) is 34.4. The summed E-state index contributed by atoms with van der Waals surface area (Å²) >= 11 is 0. The molecule has 1 radical (unpaired) electrons. The summed E-state index contributed by atoms with van der Waals surface area (Å²) in [5, 5.41) is 5.95. The Kier molecular flexibility index (Phi) is 8.87. The number of pyridine rings is 2. The standard InChI is InChI=1S/C39H40NO.C17H20N.Ir/c1-24-23-40-34(21-27(24)22-38(2,3)4)33-12-8-11-31-32-16-14-26-13-15-29-28(25-17-19-39(5,6)20-18-25)9-7-10-30(29)35(26)37(32)41-36(31)33;1-13-5-8-15(9-6-13)16-10-7-14(12-18-16)11-17(2,3)4;/h7-11,13-16,21,23,25H,17-20,22H2,1-6H3;5-8,10,12H,11H2,1-4H3;/q2*-1;/i1D3,22D2,25D;1D3,11D2;. The first-order chi connectivity index (χ1) is 32.3. The van der Waals surface area contributed by atoms with Crippen molar-refractivity contribution in [1.29, 1.82) is 0 Å². The molecule has 9 rings (SSSR count). The van der Waals surface area contributed by atoms with Gasteiger partial charge in [-0.1, -0.05) is 139 Å². The Morgan fingerprint density at radius 3 is 2.17 bits per heavy atom. The van der Waals surface area contributed by atoms with Gasteiger partial charge >= 0.3 is 0 Å². The van der Waals surface area contributed by atoms with Crippen molar-refractivity contribution in [2.45, 2.75) is 113 Å². The van der Waals surface area contributed by atoms with Crippen LogP contribution in [-0.4, -0.2) is 9.97 Å². The number of rotatable bonds is 5. The molecule has 0 N–H and O–H groups in total. The van der Waals surface area contributed by atoms with Gasteiger partial charge in [0.2, 0.25) is 0 Å². The summed E-state index contributed by atoms with van der Waals surface area (Å²) in [6.45, 7) is 10.8. The summed E-state index contributed by atoms with van der Waals surface area (Å²) in [5.74, 6) is -0.644. The predicted octanol–water partition coefficient (Wildman–Crippen LogP) is 15.8. The third-order valence-corrected chi connectivity index (χ3v) is 11.1. The third kappa shape index (κ3) is 9.46. The molecular formula is C56H60IrN2O-2. The molecule has 0 atom stereocenters. The van der Waals surface area contributed by atoms with Crippen LogP contribution in [0.2, 0.25) is 0 Å². The fourth-order valence-electron chi connectivity index (χ4n) is 8.11. The monoisotopic (exact) mass is 981 g/mol. The quantitative estimate of drug-likeness (QED) is 0.127. The van der Waals surface area contributed by atoms with E-state index >= 15 is 0 Å². The molecule has 0 aliphatic heterocycles. The molecule has 311 valence electrons. The molecule has 0 amide bonds. The average molecular weight is 980 g/mol. The van der Waals surface area contributed by atoms with Gasteiger partial charge in [-0.05, 0) is 112 Å². The summed E-state index contributed by atoms with van der Waals surface area (Å²) in [5.41, 5.74) is 4.23. The molecule has 0 spiro atoms. The first kappa shape index (κ1) is 31.3. The SMILES string of the molecule is [2H]C([2H])([2H])c1c[c-]c(-c2ccc(C([2H])([2H])C(C)(C)C)cn2)cc1.[2H]C([2H])([2H])c1cnc(-c2[c-]ccc3c2oc2c3ccc3ccc4c(C5([2H])CCC(C)(C)CC5)cccc4c32)cc1C([2H])([2H])C(C)(C)C.[Ir]. The van der Waals surface area contributed by atoms with Crippen molar-refractivity contribution in [2.75, 3.05) is 0 Å². The molecule has 1 fully saturated rings. The van der Waals surface area contributed by atoms with E-state index in [2.05, 4.69) is 78.4 Å². The van der Waals surface area contributed by atoms with Crippen molar-refractivity contribution in [3.05, 3.63) is 143 Å². The van der Waals surface area contributed by atoms with Crippen LogP contribution in [0.1, 0.15) is 130 Å². The molecule has 0 saturated heterocycles. The second kappa shape index (κ2) is 17.0. The Balaban J connectivity index is 0.000000261. The molecule has 5 aromatic carbocycles. The van der Waals surface area contributed by atoms with Crippen molar-refractivity contribution in [1.82, 2.24) is 9.97 Å². The van der Waals surface area contributed by atoms with E-state index in [1.807, 2.05) is 32.9 Å². The summed E-state index contributed by atoms with van der Waals surface area (Å²) in [4.78, 5) is 8.86. The third-order valence-electron chi connectivity index (χ3n) is 11.1. The van der Waals surface area contributed by atoms with Gasteiger partial charge < -0.3 is 14.4 Å². The smallest absolute Gasteiger partial charge is 0.129 e. The van der Waals surface area contributed by atoms with Gasteiger partial charge in [-0.3, -0.25) is 0 Å². The van der Waals surface area contributed by atoms with E-state index < -0.39 is 43.2 Å². The van der Waals surface area contributed by atoms with Crippen molar-refractivity contribution in [3.63, 3.8) is 0 Å². The minimum atomic E-state index is -2.53. The molecule has 60 heavy (non-hydrogen) atoms. The van der Waals surface area contributed by atoms with Crippen LogP contribution in [-0.2, 0) is 32.9 Å². The topological polar surface area (TPSA) is 38.9 Å². The Morgan fingerprint density at radius 2 is 1.50 bits per heavy atom. The maximum Gasteiger partial charge on any atom is 0.129 e. The maximum absolute atomic E-state index is 9.56. The van der Waals surface area contributed by atoms with E-state index in [0.29, 0.717) is 33.7 Å². The largest absolute Gasteiger partial charge is 0.500 e. The van der Waals surface area contributed by atoms with Crippen molar-refractivity contribution >= 4 is 43.5 Å². The normalized spacial score (nSPS) is 18.8. The molecule has 3 heterocycles. The molecule has 3 nitrogen and oxygen atoms in total. The summed E-state index contributed by atoms with van der Waals surface area (Å²) < 4.78 is 97.2. The number of aromatic nitrogens is 2. The number of fused-ring (bicyclic) bond motifs is 7. The van der Waals surface area contributed by atoms with E-state index in [-0.39, 0.29) is 42.2 Å². The van der Waals surface area contributed by atoms with Crippen LogP contribution in [0.15, 0.2) is 108 Å². The van der Waals surface area contributed by atoms with E-state index in [9.17, 15) is 1.37 Å². The van der Waals surface area contributed by atoms with Crippen LogP contribution in [0.5, 0.6) is 0 Å². The minimum absolute atomic E-state index is 0. The predicted molar refractivity (Wildman–Crippen MR) is 250 cm³/mol. The van der Waals surface area contributed by atoms with Crippen LogP contribution < -0.4 is 0 Å². The van der Waals surface area contributed by atoms with E-state index in [1.165, 1.54) is 18.5 Å². The molecule has 1 saturated carbocycles. The van der Waals surface area contributed by atoms with Crippen LogP contribution in [0.3, 0.4) is 0 Å². The maximum atomic E-state index is 9.56. The first-order valence-electron chi connectivity index (χ1n) is 26.1. The number of furan rings is 1. The van der Waals surface area contributed by atoms with Gasteiger partial charge in [0, 0.05) is 58.3 Å². The van der Waals surface area contributed by atoms with E-state index in [1.54, 1.807) is 51.1 Å². The van der Waals surface area contributed by atoms with Gasteiger partial charge in [-0.2, -0.15) is 0 Å². The van der Waals surface area contributed by atoms with Gasteiger partial charge in [0.25, 0.3) is 0 Å². The number of nitrogens with zero attached hydrogens (tertiary/aromatic N) is 2. The second-order valence-corrected chi connectivity index (χ2v) is 18.8. The van der Waals surface area contributed by atoms with E-state index in [0.717, 1.165) is 69.1 Å². The summed E-state index contributed by atoms with van der Waals surface area (Å²) in [7, 11) is 0. The second-order valence-electron chi connectivity index (χ2n) is 18.8. The first-order valence-corrected chi connectivity index (χ1v) is 20.6. The Labute approximate surface area is 387 Å². The van der Waals surface area contributed by atoms with Gasteiger partial charge in [0.05, 0.1) is 5.58 Å². The number of benzene rings is 5. The molecule has 0 bridgehead atoms. The zero-order valence-corrected chi connectivity index (χ0v) is 38.2. The van der Waals surface area contributed by atoms with Crippen LogP contribution in [0.4, 0.5) is 0 Å². The van der Waals surface area contributed by atoms with Crippen molar-refractivity contribution in [2.24, 2.45) is 16.2 Å². The van der Waals surface area contributed by atoms with Gasteiger partial charge in [0.1, 0.15) is 5.58 Å². The van der Waals surface area contributed by atoms with Crippen LogP contribution >= 0.6 is 0 Å².